The summed E-state index contributed by atoms with van der Waals surface area (Å²) in [7, 11) is -3.67. The van der Waals surface area contributed by atoms with Crippen molar-refractivity contribution in [3.63, 3.8) is 0 Å². The zero-order valence-electron chi connectivity index (χ0n) is 11.4. The van der Waals surface area contributed by atoms with E-state index in [0.29, 0.717) is 5.69 Å². The van der Waals surface area contributed by atoms with Crippen molar-refractivity contribution in [3.05, 3.63) is 52.3 Å². The molecule has 2 rings (SSSR count). The molecule has 2 aromatic rings. The highest BCUT2D eigenvalue weighted by Gasteiger charge is 2.18. The van der Waals surface area contributed by atoms with E-state index in [4.69, 9.17) is 11.6 Å². The van der Waals surface area contributed by atoms with Gasteiger partial charge in [0.25, 0.3) is 10.0 Å². The van der Waals surface area contributed by atoms with E-state index in [1.165, 1.54) is 6.20 Å². The lowest BCUT2D eigenvalue weighted by Gasteiger charge is -2.12. The first-order chi connectivity index (χ1) is 9.31. The predicted octanol–water partition coefficient (Wildman–Crippen LogP) is 3.46. The lowest BCUT2D eigenvalue weighted by atomic mass is 10.1. The van der Waals surface area contributed by atoms with Crippen LogP contribution in [0.5, 0.6) is 0 Å². The summed E-state index contributed by atoms with van der Waals surface area (Å²) in [5.41, 5.74) is 2.99. The van der Waals surface area contributed by atoms with Gasteiger partial charge < -0.3 is 0 Å². The minimum atomic E-state index is -3.67. The van der Waals surface area contributed by atoms with Crippen LogP contribution in [0.25, 0.3) is 0 Å². The maximum Gasteiger partial charge on any atom is 0.262 e. The fourth-order valence-corrected chi connectivity index (χ4v) is 3.25. The first-order valence-electron chi connectivity index (χ1n) is 6.02. The van der Waals surface area contributed by atoms with Crippen LogP contribution < -0.4 is 4.72 Å². The Labute approximate surface area is 123 Å². The summed E-state index contributed by atoms with van der Waals surface area (Å²) in [6.07, 6.45) is 1.53. The lowest BCUT2D eigenvalue weighted by molar-refractivity contribution is 0.601. The van der Waals surface area contributed by atoms with Crippen LogP contribution in [0.15, 0.2) is 35.4 Å². The number of anilines is 1. The highest BCUT2D eigenvalue weighted by molar-refractivity contribution is 7.92. The van der Waals surface area contributed by atoms with Gasteiger partial charge in [0, 0.05) is 6.20 Å². The second-order valence-corrected chi connectivity index (χ2v) is 6.69. The molecule has 0 radical (unpaired) electrons. The van der Waals surface area contributed by atoms with Crippen LogP contribution in [0.2, 0.25) is 5.15 Å². The highest BCUT2D eigenvalue weighted by Crippen LogP contribution is 2.26. The second-order valence-electron chi connectivity index (χ2n) is 4.65. The molecule has 1 N–H and O–H groups in total. The molecule has 0 fully saturated rings. The summed E-state index contributed by atoms with van der Waals surface area (Å²) < 4.78 is 27.2. The molecule has 0 saturated heterocycles. The molecule has 0 saturated carbocycles. The third-order valence-electron chi connectivity index (χ3n) is 3.14. The molecule has 1 heterocycles. The topological polar surface area (TPSA) is 59.1 Å². The summed E-state index contributed by atoms with van der Waals surface area (Å²) in [5, 5.41) is 0.136. The summed E-state index contributed by atoms with van der Waals surface area (Å²) >= 11 is 5.94. The largest absolute Gasteiger partial charge is 0.276 e. The van der Waals surface area contributed by atoms with Gasteiger partial charge in [-0.25, -0.2) is 13.4 Å². The van der Waals surface area contributed by atoms with Crippen molar-refractivity contribution >= 4 is 27.3 Å². The standard InChI is InChI=1S/C14H15ClN2O2S/c1-9-4-5-12(8-11(9)3)20(18,19)17-13-10(2)6-7-16-14(13)15/h4-8,17H,1-3H3. The lowest BCUT2D eigenvalue weighted by Crippen LogP contribution is -2.14. The molecule has 0 amide bonds. The van der Waals surface area contributed by atoms with Crippen molar-refractivity contribution < 1.29 is 8.42 Å². The Morgan fingerprint density at radius 3 is 2.35 bits per heavy atom. The molecule has 1 aromatic heterocycles. The van der Waals surface area contributed by atoms with E-state index in [0.717, 1.165) is 16.7 Å². The molecular weight excluding hydrogens is 296 g/mol. The molecule has 0 spiro atoms. The number of pyridine rings is 1. The second kappa shape index (κ2) is 5.42. The number of nitrogens with zero attached hydrogens (tertiary/aromatic N) is 1. The molecule has 20 heavy (non-hydrogen) atoms. The minimum absolute atomic E-state index is 0.136. The van der Waals surface area contributed by atoms with E-state index < -0.39 is 10.0 Å². The van der Waals surface area contributed by atoms with Crippen molar-refractivity contribution in [1.82, 2.24) is 4.98 Å². The van der Waals surface area contributed by atoms with Crippen LogP contribution in [0.3, 0.4) is 0 Å². The average molecular weight is 311 g/mol. The normalized spacial score (nSPS) is 11.4. The van der Waals surface area contributed by atoms with Gasteiger partial charge in [-0.15, -0.1) is 0 Å². The fraction of sp³-hybridized carbons (Fsp3) is 0.214. The number of nitrogens with one attached hydrogen (secondary N) is 1. The van der Waals surface area contributed by atoms with Gasteiger partial charge in [0.1, 0.15) is 0 Å². The Morgan fingerprint density at radius 2 is 1.75 bits per heavy atom. The smallest absolute Gasteiger partial charge is 0.262 e. The fourth-order valence-electron chi connectivity index (χ4n) is 1.72. The summed E-state index contributed by atoms with van der Waals surface area (Å²) in [4.78, 5) is 4.10. The van der Waals surface area contributed by atoms with Crippen molar-refractivity contribution in [3.8, 4) is 0 Å². The monoisotopic (exact) mass is 310 g/mol. The molecule has 4 nitrogen and oxygen atoms in total. The van der Waals surface area contributed by atoms with Gasteiger partial charge in [-0.3, -0.25) is 4.72 Å². The third-order valence-corrected chi connectivity index (χ3v) is 4.77. The van der Waals surface area contributed by atoms with Crippen LogP contribution in [-0.4, -0.2) is 13.4 Å². The quantitative estimate of drug-likeness (QED) is 0.883. The number of hydrogen-bond donors (Lipinski definition) is 1. The molecule has 6 heteroatoms. The Hall–Kier alpha value is -1.59. The number of halogens is 1. The number of rotatable bonds is 3. The minimum Gasteiger partial charge on any atom is -0.276 e. The molecule has 0 aliphatic carbocycles. The third kappa shape index (κ3) is 2.94. The first kappa shape index (κ1) is 14.8. The van der Waals surface area contributed by atoms with Gasteiger partial charge in [-0.05, 0) is 55.7 Å². The van der Waals surface area contributed by atoms with Crippen molar-refractivity contribution in [1.29, 1.82) is 0 Å². The first-order valence-corrected chi connectivity index (χ1v) is 7.88. The molecule has 106 valence electrons. The van der Waals surface area contributed by atoms with Crippen molar-refractivity contribution in [2.24, 2.45) is 0 Å². The predicted molar refractivity (Wildman–Crippen MR) is 80.7 cm³/mol. The summed E-state index contributed by atoms with van der Waals surface area (Å²) in [6, 6.07) is 6.69. The van der Waals surface area contributed by atoms with Crippen molar-refractivity contribution in [2.45, 2.75) is 25.7 Å². The Bertz CT molecular complexity index is 738. The number of aromatic nitrogens is 1. The van der Waals surface area contributed by atoms with Crippen LogP contribution in [-0.2, 0) is 10.0 Å². The van der Waals surface area contributed by atoms with Crippen molar-refractivity contribution in [2.75, 3.05) is 4.72 Å². The van der Waals surface area contributed by atoms with Gasteiger partial charge in [-0.1, -0.05) is 17.7 Å². The van der Waals surface area contributed by atoms with Crippen LogP contribution in [0.4, 0.5) is 5.69 Å². The Balaban J connectivity index is 2.43. The van der Waals surface area contributed by atoms with Crippen LogP contribution in [0.1, 0.15) is 16.7 Å². The Morgan fingerprint density at radius 1 is 1.05 bits per heavy atom. The number of aryl methyl sites for hydroxylation is 3. The molecule has 0 unspecified atom stereocenters. The summed E-state index contributed by atoms with van der Waals surface area (Å²) in [6.45, 7) is 5.57. The average Bonchev–Trinajstić information content (AvgIpc) is 2.37. The van der Waals surface area contributed by atoms with Crippen LogP contribution in [0, 0.1) is 20.8 Å². The molecule has 0 atom stereocenters. The molecule has 0 bridgehead atoms. The SMILES string of the molecule is Cc1ccc(S(=O)(=O)Nc2c(C)ccnc2Cl)cc1C. The number of sulfonamides is 1. The van der Waals surface area contributed by atoms with Crippen LogP contribution >= 0.6 is 11.6 Å². The van der Waals surface area contributed by atoms with Gasteiger partial charge in [0.15, 0.2) is 5.15 Å². The van der Waals surface area contributed by atoms with E-state index in [9.17, 15) is 8.42 Å². The zero-order chi connectivity index (χ0) is 14.9. The van der Waals surface area contributed by atoms with E-state index in [1.54, 1.807) is 31.2 Å². The Kier molecular flexibility index (Phi) is 4.01. The van der Waals surface area contributed by atoms with Gasteiger partial charge in [0.2, 0.25) is 0 Å². The van der Waals surface area contributed by atoms with E-state index in [1.807, 2.05) is 13.8 Å². The number of hydrogen-bond acceptors (Lipinski definition) is 3. The van der Waals surface area contributed by atoms with E-state index in [-0.39, 0.29) is 10.0 Å². The van der Waals surface area contributed by atoms with E-state index in [2.05, 4.69) is 9.71 Å². The molecular formula is C14H15ClN2O2S. The maximum absolute atomic E-state index is 12.4. The number of benzene rings is 1. The van der Waals surface area contributed by atoms with Gasteiger partial charge >= 0.3 is 0 Å². The van der Waals surface area contributed by atoms with E-state index >= 15 is 0 Å². The highest BCUT2D eigenvalue weighted by atomic mass is 35.5. The molecule has 0 aliphatic heterocycles. The molecule has 1 aromatic carbocycles. The van der Waals surface area contributed by atoms with Gasteiger partial charge in [-0.2, -0.15) is 0 Å². The maximum atomic E-state index is 12.4. The zero-order valence-corrected chi connectivity index (χ0v) is 13.0. The van der Waals surface area contributed by atoms with Gasteiger partial charge in [0.05, 0.1) is 10.6 Å². The molecule has 0 aliphatic rings. The summed E-state index contributed by atoms with van der Waals surface area (Å²) in [5.74, 6) is 0.